The standard InChI is InChI=1S/C13H10BrFO/c1-8-6-11(13(16)12(14)7-8)9-2-4-10(15)5-3-9/h2-7,16H,1H3. The van der Waals surface area contributed by atoms with Gasteiger partial charge in [0.05, 0.1) is 4.47 Å². The van der Waals surface area contributed by atoms with E-state index in [4.69, 9.17) is 0 Å². The molecule has 0 spiro atoms. The van der Waals surface area contributed by atoms with E-state index in [0.29, 0.717) is 10.0 Å². The molecule has 1 N–H and O–H groups in total. The average molecular weight is 281 g/mol. The monoisotopic (exact) mass is 280 g/mol. The summed E-state index contributed by atoms with van der Waals surface area (Å²) in [5.41, 5.74) is 2.53. The van der Waals surface area contributed by atoms with Crippen LogP contribution in [0.15, 0.2) is 40.9 Å². The zero-order valence-corrected chi connectivity index (χ0v) is 10.3. The van der Waals surface area contributed by atoms with Crippen molar-refractivity contribution < 1.29 is 9.50 Å². The van der Waals surface area contributed by atoms with Gasteiger partial charge in [0, 0.05) is 5.56 Å². The molecule has 0 amide bonds. The van der Waals surface area contributed by atoms with Crippen molar-refractivity contribution in [1.82, 2.24) is 0 Å². The summed E-state index contributed by atoms with van der Waals surface area (Å²) in [6, 6.07) is 9.76. The van der Waals surface area contributed by atoms with Crippen LogP contribution in [0.5, 0.6) is 5.75 Å². The molecule has 0 saturated heterocycles. The molecule has 0 unspecified atom stereocenters. The Labute approximate surface area is 102 Å². The predicted octanol–water partition coefficient (Wildman–Crippen LogP) is 4.27. The molecular weight excluding hydrogens is 271 g/mol. The summed E-state index contributed by atoms with van der Waals surface area (Å²) in [5.74, 6) is -0.104. The Balaban J connectivity index is 2.59. The van der Waals surface area contributed by atoms with Gasteiger partial charge in [0.1, 0.15) is 11.6 Å². The molecule has 0 saturated carbocycles. The van der Waals surface area contributed by atoms with Gasteiger partial charge in [0.25, 0.3) is 0 Å². The third-order valence-electron chi connectivity index (χ3n) is 2.36. The summed E-state index contributed by atoms with van der Waals surface area (Å²) < 4.78 is 13.4. The highest BCUT2D eigenvalue weighted by Crippen LogP contribution is 2.36. The zero-order chi connectivity index (χ0) is 11.7. The molecule has 0 aromatic heterocycles. The van der Waals surface area contributed by atoms with Crippen molar-refractivity contribution in [2.24, 2.45) is 0 Å². The first kappa shape index (κ1) is 11.1. The van der Waals surface area contributed by atoms with Gasteiger partial charge in [-0.05, 0) is 58.2 Å². The fourth-order valence-corrected chi connectivity index (χ4v) is 2.16. The van der Waals surface area contributed by atoms with Crippen molar-refractivity contribution in [3.05, 3.63) is 52.3 Å². The van der Waals surface area contributed by atoms with Crippen molar-refractivity contribution in [2.75, 3.05) is 0 Å². The van der Waals surface area contributed by atoms with Gasteiger partial charge in [-0.25, -0.2) is 4.39 Å². The summed E-state index contributed by atoms with van der Waals surface area (Å²) in [5, 5.41) is 9.90. The van der Waals surface area contributed by atoms with E-state index in [1.165, 1.54) is 12.1 Å². The number of hydrogen-bond donors (Lipinski definition) is 1. The van der Waals surface area contributed by atoms with Crippen molar-refractivity contribution in [3.8, 4) is 16.9 Å². The fraction of sp³-hybridized carbons (Fsp3) is 0.0769. The van der Waals surface area contributed by atoms with Gasteiger partial charge in [-0.2, -0.15) is 0 Å². The topological polar surface area (TPSA) is 20.2 Å². The second-order valence-corrected chi connectivity index (χ2v) is 4.50. The number of rotatable bonds is 1. The molecule has 0 radical (unpaired) electrons. The van der Waals surface area contributed by atoms with Crippen LogP contribution in [0.4, 0.5) is 4.39 Å². The molecule has 2 aromatic carbocycles. The van der Waals surface area contributed by atoms with Crippen LogP contribution in [0.25, 0.3) is 11.1 Å². The van der Waals surface area contributed by atoms with Gasteiger partial charge in [-0.15, -0.1) is 0 Å². The van der Waals surface area contributed by atoms with Gasteiger partial charge < -0.3 is 5.11 Å². The van der Waals surface area contributed by atoms with Crippen LogP contribution < -0.4 is 0 Å². The number of phenols is 1. The van der Waals surface area contributed by atoms with Gasteiger partial charge in [-0.1, -0.05) is 12.1 Å². The van der Waals surface area contributed by atoms with Crippen LogP contribution in [-0.4, -0.2) is 5.11 Å². The normalized spacial score (nSPS) is 10.4. The van der Waals surface area contributed by atoms with E-state index in [1.54, 1.807) is 12.1 Å². The van der Waals surface area contributed by atoms with E-state index in [2.05, 4.69) is 15.9 Å². The molecule has 0 fully saturated rings. The number of benzene rings is 2. The Bertz CT molecular complexity index is 520. The Morgan fingerprint density at radius 1 is 1.12 bits per heavy atom. The first-order valence-electron chi connectivity index (χ1n) is 4.83. The highest BCUT2D eigenvalue weighted by Gasteiger charge is 2.08. The lowest BCUT2D eigenvalue weighted by molar-refractivity contribution is 0.474. The lowest BCUT2D eigenvalue weighted by Gasteiger charge is -2.08. The molecular formula is C13H10BrFO. The number of phenolic OH excluding ortho intramolecular Hbond substituents is 1. The maximum atomic E-state index is 12.8. The summed E-state index contributed by atoms with van der Waals surface area (Å²) in [6.07, 6.45) is 0. The van der Waals surface area contributed by atoms with E-state index in [-0.39, 0.29) is 11.6 Å². The van der Waals surface area contributed by atoms with Gasteiger partial charge >= 0.3 is 0 Å². The molecule has 1 nitrogen and oxygen atoms in total. The van der Waals surface area contributed by atoms with Crippen LogP contribution in [0, 0.1) is 12.7 Å². The van der Waals surface area contributed by atoms with Crippen molar-refractivity contribution in [1.29, 1.82) is 0 Å². The SMILES string of the molecule is Cc1cc(Br)c(O)c(-c2ccc(F)cc2)c1. The van der Waals surface area contributed by atoms with Crippen molar-refractivity contribution in [2.45, 2.75) is 6.92 Å². The Morgan fingerprint density at radius 3 is 2.38 bits per heavy atom. The Hall–Kier alpha value is -1.35. The average Bonchev–Trinajstić information content (AvgIpc) is 2.25. The van der Waals surface area contributed by atoms with E-state index >= 15 is 0 Å². The third-order valence-corrected chi connectivity index (χ3v) is 2.97. The summed E-state index contributed by atoms with van der Waals surface area (Å²) >= 11 is 3.28. The molecule has 0 bridgehead atoms. The third kappa shape index (κ3) is 2.09. The Kier molecular flexibility index (Phi) is 2.97. The second-order valence-electron chi connectivity index (χ2n) is 3.65. The minimum absolute atomic E-state index is 0.178. The molecule has 0 aliphatic heterocycles. The lowest BCUT2D eigenvalue weighted by Crippen LogP contribution is -1.83. The molecule has 0 atom stereocenters. The fourth-order valence-electron chi connectivity index (χ4n) is 1.58. The van der Waals surface area contributed by atoms with Crippen molar-refractivity contribution in [3.63, 3.8) is 0 Å². The molecule has 3 heteroatoms. The molecule has 0 heterocycles. The second kappa shape index (κ2) is 4.26. The van der Waals surface area contributed by atoms with Crippen molar-refractivity contribution >= 4 is 15.9 Å². The number of halogens is 2. The molecule has 2 rings (SSSR count). The van der Waals surface area contributed by atoms with Gasteiger partial charge in [0.15, 0.2) is 0 Å². The molecule has 16 heavy (non-hydrogen) atoms. The number of hydrogen-bond acceptors (Lipinski definition) is 1. The summed E-state index contributed by atoms with van der Waals surface area (Å²) in [6.45, 7) is 1.94. The zero-order valence-electron chi connectivity index (χ0n) is 8.67. The van der Waals surface area contributed by atoms with E-state index in [0.717, 1.165) is 11.1 Å². The Morgan fingerprint density at radius 2 is 1.75 bits per heavy atom. The number of aromatic hydroxyl groups is 1. The lowest BCUT2D eigenvalue weighted by atomic mass is 10.0. The van der Waals surface area contributed by atoms with Gasteiger partial charge in [-0.3, -0.25) is 0 Å². The van der Waals surface area contributed by atoms with Crippen LogP contribution in [0.1, 0.15) is 5.56 Å². The molecule has 0 aliphatic rings. The highest BCUT2D eigenvalue weighted by atomic mass is 79.9. The maximum absolute atomic E-state index is 12.8. The predicted molar refractivity (Wildman–Crippen MR) is 65.9 cm³/mol. The van der Waals surface area contributed by atoms with Crippen LogP contribution >= 0.6 is 15.9 Å². The highest BCUT2D eigenvalue weighted by molar-refractivity contribution is 9.10. The summed E-state index contributed by atoms with van der Waals surface area (Å²) in [4.78, 5) is 0. The van der Waals surface area contributed by atoms with Crippen LogP contribution in [0.3, 0.4) is 0 Å². The molecule has 0 aliphatic carbocycles. The summed E-state index contributed by atoms with van der Waals surface area (Å²) in [7, 11) is 0. The maximum Gasteiger partial charge on any atom is 0.137 e. The largest absolute Gasteiger partial charge is 0.506 e. The minimum Gasteiger partial charge on any atom is -0.506 e. The molecule has 82 valence electrons. The molecule has 2 aromatic rings. The first-order valence-corrected chi connectivity index (χ1v) is 5.62. The van der Waals surface area contributed by atoms with E-state index in [9.17, 15) is 9.50 Å². The number of aryl methyl sites for hydroxylation is 1. The van der Waals surface area contributed by atoms with Crippen LogP contribution in [-0.2, 0) is 0 Å². The van der Waals surface area contributed by atoms with E-state index < -0.39 is 0 Å². The van der Waals surface area contributed by atoms with E-state index in [1.807, 2.05) is 19.1 Å². The van der Waals surface area contributed by atoms with Gasteiger partial charge in [0.2, 0.25) is 0 Å². The quantitative estimate of drug-likeness (QED) is 0.827. The van der Waals surface area contributed by atoms with Crippen LogP contribution in [0.2, 0.25) is 0 Å². The minimum atomic E-state index is -0.282. The smallest absolute Gasteiger partial charge is 0.137 e. The first-order chi connectivity index (χ1) is 7.58.